The van der Waals surface area contributed by atoms with Gasteiger partial charge in [-0.25, -0.2) is 4.79 Å². The summed E-state index contributed by atoms with van der Waals surface area (Å²) in [5.41, 5.74) is 1.78. The highest BCUT2D eigenvalue weighted by atomic mass is 32.1. The van der Waals surface area contributed by atoms with Gasteiger partial charge in [-0.1, -0.05) is 36.4 Å². The molecule has 1 aliphatic carbocycles. The van der Waals surface area contributed by atoms with E-state index < -0.39 is 12.6 Å². The lowest BCUT2D eigenvalue weighted by Gasteiger charge is -2.21. The molecule has 1 saturated carbocycles. The number of hydrogen-bond donors (Lipinski definition) is 1. The maximum atomic E-state index is 13.2. The van der Waals surface area contributed by atoms with E-state index in [-0.39, 0.29) is 23.3 Å². The van der Waals surface area contributed by atoms with Crippen molar-refractivity contribution in [1.29, 1.82) is 0 Å². The lowest BCUT2D eigenvalue weighted by atomic mass is 10.0. The highest BCUT2D eigenvalue weighted by Crippen LogP contribution is 2.38. The van der Waals surface area contributed by atoms with Crippen molar-refractivity contribution < 1.29 is 23.9 Å². The van der Waals surface area contributed by atoms with E-state index in [1.54, 1.807) is 23.3 Å². The zero-order valence-electron chi connectivity index (χ0n) is 18.8. The average Bonchev–Trinajstić information content (AvgIpc) is 3.43. The van der Waals surface area contributed by atoms with Crippen LogP contribution in [0.3, 0.4) is 0 Å². The highest BCUT2D eigenvalue weighted by Gasteiger charge is 2.32. The molecule has 1 fully saturated rings. The molecule has 0 aliphatic heterocycles. The van der Waals surface area contributed by atoms with Crippen LogP contribution in [0, 0.1) is 5.92 Å². The number of hydrogen-bond acceptors (Lipinski definition) is 7. The van der Waals surface area contributed by atoms with Gasteiger partial charge in [0.1, 0.15) is 10.6 Å². The van der Waals surface area contributed by atoms with Crippen LogP contribution in [-0.4, -0.2) is 49.6 Å². The molecule has 34 heavy (non-hydrogen) atoms. The van der Waals surface area contributed by atoms with Crippen molar-refractivity contribution in [2.75, 3.05) is 32.2 Å². The Morgan fingerprint density at radius 1 is 1.09 bits per heavy atom. The number of thiophene rings is 2. The Morgan fingerprint density at radius 2 is 1.88 bits per heavy atom. The highest BCUT2D eigenvalue weighted by molar-refractivity contribution is 7.15. The van der Waals surface area contributed by atoms with Crippen molar-refractivity contribution in [3.8, 4) is 11.1 Å². The first-order valence-electron chi connectivity index (χ1n) is 11.0. The molecule has 2 amide bonds. The van der Waals surface area contributed by atoms with E-state index in [9.17, 15) is 14.4 Å². The summed E-state index contributed by atoms with van der Waals surface area (Å²) in [7, 11) is 1.58. The van der Waals surface area contributed by atoms with Gasteiger partial charge < -0.3 is 19.7 Å². The summed E-state index contributed by atoms with van der Waals surface area (Å²) in [4.78, 5) is 41.1. The molecule has 0 unspecified atom stereocenters. The van der Waals surface area contributed by atoms with Gasteiger partial charge in [0.25, 0.3) is 5.91 Å². The van der Waals surface area contributed by atoms with Gasteiger partial charge >= 0.3 is 5.97 Å². The average molecular weight is 499 g/mol. The summed E-state index contributed by atoms with van der Waals surface area (Å²) in [5, 5.41) is 7.11. The van der Waals surface area contributed by atoms with Gasteiger partial charge in [0, 0.05) is 35.4 Å². The van der Waals surface area contributed by atoms with E-state index in [0.717, 1.165) is 23.3 Å². The van der Waals surface area contributed by atoms with Gasteiger partial charge in [-0.15, -0.1) is 22.7 Å². The Labute approximate surface area is 206 Å². The third kappa shape index (κ3) is 6.11. The lowest BCUT2D eigenvalue weighted by molar-refractivity contribution is -0.135. The molecule has 178 valence electrons. The molecule has 0 bridgehead atoms. The van der Waals surface area contributed by atoms with E-state index in [2.05, 4.69) is 5.32 Å². The van der Waals surface area contributed by atoms with E-state index in [0.29, 0.717) is 30.3 Å². The number of carbonyl (C=O) groups excluding carboxylic acids is 3. The Morgan fingerprint density at radius 3 is 2.56 bits per heavy atom. The summed E-state index contributed by atoms with van der Waals surface area (Å²) >= 11 is 2.84. The Bertz CT molecular complexity index is 1120. The number of ether oxygens (including phenoxy) is 2. The fourth-order valence-corrected chi connectivity index (χ4v) is 5.10. The third-order valence-corrected chi connectivity index (χ3v) is 7.19. The zero-order valence-corrected chi connectivity index (χ0v) is 20.5. The van der Waals surface area contributed by atoms with Crippen LogP contribution in [0.5, 0.6) is 0 Å². The van der Waals surface area contributed by atoms with Crippen molar-refractivity contribution in [1.82, 2.24) is 4.90 Å². The second-order valence-corrected chi connectivity index (χ2v) is 9.86. The minimum atomic E-state index is -0.637. The van der Waals surface area contributed by atoms with Crippen LogP contribution in [0.1, 0.15) is 28.1 Å². The first-order valence-corrected chi connectivity index (χ1v) is 12.8. The third-order valence-electron chi connectivity index (χ3n) is 5.44. The van der Waals surface area contributed by atoms with Crippen LogP contribution in [0.15, 0.2) is 53.2 Å². The molecular weight excluding hydrogens is 472 g/mol. The normalized spacial score (nSPS) is 12.9. The SMILES string of the molecule is COCCN(Cc1cccs1)C(=O)COC(=O)c1c(-c2ccccc2)csc1NC(=O)C1CC1. The first-order chi connectivity index (χ1) is 16.6. The predicted molar refractivity (Wildman–Crippen MR) is 133 cm³/mol. The number of nitrogens with one attached hydrogen (secondary N) is 1. The first kappa shape index (κ1) is 24.1. The minimum Gasteiger partial charge on any atom is -0.452 e. The largest absolute Gasteiger partial charge is 0.452 e. The summed E-state index contributed by atoms with van der Waals surface area (Å²) in [6.45, 7) is 0.800. The molecule has 1 aliphatic rings. The minimum absolute atomic E-state index is 0.000632. The lowest BCUT2D eigenvalue weighted by Crippen LogP contribution is -2.36. The molecule has 7 nitrogen and oxygen atoms in total. The smallest absolute Gasteiger partial charge is 0.342 e. The summed E-state index contributed by atoms with van der Waals surface area (Å²) in [5.74, 6) is -1.03. The number of benzene rings is 1. The number of anilines is 1. The maximum absolute atomic E-state index is 13.2. The molecule has 0 saturated heterocycles. The van der Waals surface area contributed by atoms with Crippen LogP contribution >= 0.6 is 22.7 Å². The molecule has 9 heteroatoms. The van der Waals surface area contributed by atoms with E-state index in [1.165, 1.54) is 11.3 Å². The second kappa shape index (κ2) is 11.4. The van der Waals surface area contributed by atoms with Crippen LogP contribution in [0.4, 0.5) is 5.00 Å². The number of esters is 1. The second-order valence-electron chi connectivity index (χ2n) is 7.95. The van der Waals surface area contributed by atoms with E-state index >= 15 is 0 Å². The zero-order chi connectivity index (χ0) is 23.9. The van der Waals surface area contributed by atoms with Gasteiger partial charge in [0.05, 0.1) is 13.2 Å². The van der Waals surface area contributed by atoms with Crippen molar-refractivity contribution in [2.45, 2.75) is 19.4 Å². The summed E-state index contributed by atoms with van der Waals surface area (Å²) in [6.07, 6.45) is 1.72. The molecule has 1 N–H and O–H groups in total. The summed E-state index contributed by atoms with van der Waals surface area (Å²) in [6, 6.07) is 13.3. The Hall–Kier alpha value is -3.01. The van der Waals surface area contributed by atoms with Crippen molar-refractivity contribution in [3.63, 3.8) is 0 Å². The van der Waals surface area contributed by atoms with Gasteiger partial charge in [-0.3, -0.25) is 9.59 Å². The number of carbonyl (C=O) groups is 3. The molecule has 1 aromatic carbocycles. The molecule has 2 aromatic heterocycles. The molecule has 0 atom stereocenters. The Balaban J connectivity index is 1.49. The van der Waals surface area contributed by atoms with Gasteiger partial charge in [-0.05, 0) is 29.9 Å². The van der Waals surface area contributed by atoms with Gasteiger partial charge in [-0.2, -0.15) is 0 Å². The number of methoxy groups -OCH3 is 1. The van der Waals surface area contributed by atoms with Gasteiger partial charge in [0.2, 0.25) is 5.91 Å². The monoisotopic (exact) mass is 498 g/mol. The Kier molecular flexibility index (Phi) is 8.10. The summed E-state index contributed by atoms with van der Waals surface area (Å²) < 4.78 is 10.6. The van der Waals surface area contributed by atoms with Gasteiger partial charge in [0.15, 0.2) is 6.61 Å². The molecule has 2 heterocycles. The van der Waals surface area contributed by atoms with Crippen LogP contribution in [0.25, 0.3) is 11.1 Å². The van der Waals surface area contributed by atoms with Crippen molar-refractivity contribution in [3.05, 3.63) is 63.7 Å². The molecular formula is C25H26N2O5S2. The predicted octanol–water partition coefficient (Wildman–Crippen LogP) is 4.66. The fraction of sp³-hybridized carbons (Fsp3) is 0.320. The van der Waals surface area contributed by atoms with Crippen LogP contribution in [-0.2, 0) is 25.6 Å². The number of nitrogens with zero attached hydrogens (tertiary/aromatic N) is 1. The van der Waals surface area contributed by atoms with Crippen LogP contribution < -0.4 is 5.32 Å². The molecule has 0 spiro atoms. The number of amides is 2. The topological polar surface area (TPSA) is 84.9 Å². The standard InChI is InChI=1S/C25H26N2O5S2/c1-31-12-11-27(14-19-8-5-13-33-19)21(28)15-32-25(30)22-20(17-6-3-2-4-7-17)16-34-24(22)26-23(29)18-9-10-18/h2-8,13,16,18H,9-12,14-15H2,1H3,(H,26,29). The number of rotatable bonds is 11. The van der Waals surface area contributed by atoms with Crippen molar-refractivity contribution >= 4 is 45.5 Å². The fourth-order valence-electron chi connectivity index (χ4n) is 3.42. The van der Waals surface area contributed by atoms with Crippen molar-refractivity contribution in [2.24, 2.45) is 5.92 Å². The molecule has 0 radical (unpaired) electrons. The molecule has 4 rings (SSSR count). The quantitative estimate of drug-likeness (QED) is 0.389. The van der Waals surface area contributed by atoms with Crippen LogP contribution in [0.2, 0.25) is 0 Å². The molecule has 3 aromatic rings. The van der Waals surface area contributed by atoms with E-state index in [1.807, 2.05) is 53.2 Å². The van der Waals surface area contributed by atoms with E-state index in [4.69, 9.17) is 9.47 Å². The maximum Gasteiger partial charge on any atom is 0.342 e.